The first-order chi connectivity index (χ1) is 14.4. The van der Waals surface area contributed by atoms with Crippen molar-refractivity contribution in [3.05, 3.63) is 40.5 Å². The number of nitrogens with zero attached hydrogens (tertiary/aromatic N) is 2. The Morgan fingerprint density at radius 1 is 1.07 bits per heavy atom. The summed E-state index contributed by atoms with van der Waals surface area (Å²) in [7, 11) is 3.09. The van der Waals surface area contributed by atoms with Crippen LogP contribution in [0.4, 0.5) is 5.95 Å². The molecule has 3 atom stereocenters. The Balaban J connectivity index is 1.70. The van der Waals surface area contributed by atoms with E-state index in [-0.39, 0.29) is 12.1 Å². The SMILES string of the molecule is COc1cc(OC)c(Cl)c(-c2ccc3nc(N[C@@H]4CC(C)C[C@H]4O)ncc3c2)c1Cl. The maximum Gasteiger partial charge on any atom is 0.223 e. The molecular formula is C22H23Cl2N3O3. The van der Waals surface area contributed by atoms with E-state index in [0.29, 0.717) is 39.0 Å². The number of aromatic nitrogens is 2. The standard InChI is InChI=1S/C22H23Cl2N3O3/c1-11-6-15(16(28)7-11)27-22-25-10-13-8-12(4-5-14(13)26-22)19-20(23)17(29-2)9-18(30-3)21(19)24/h4-5,8-11,15-16,28H,6-7H2,1-3H3,(H,25,26,27)/t11?,15-,16-/m1/s1. The van der Waals surface area contributed by atoms with Gasteiger partial charge < -0.3 is 19.9 Å². The molecule has 2 aromatic carbocycles. The summed E-state index contributed by atoms with van der Waals surface area (Å²) in [5.41, 5.74) is 2.21. The lowest BCUT2D eigenvalue weighted by Gasteiger charge is -2.17. The summed E-state index contributed by atoms with van der Waals surface area (Å²) in [5.74, 6) is 1.95. The maximum absolute atomic E-state index is 10.2. The molecule has 4 rings (SSSR count). The quantitative estimate of drug-likeness (QED) is 0.560. The minimum absolute atomic E-state index is 0.0291. The van der Waals surface area contributed by atoms with Crippen molar-refractivity contribution < 1.29 is 14.6 Å². The molecule has 0 bridgehead atoms. The van der Waals surface area contributed by atoms with Gasteiger partial charge in [-0.3, -0.25) is 0 Å². The van der Waals surface area contributed by atoms with Crippen molar-refractivity contribution in [1.29, 1.82) is 0 Å². The summed E-state index contributed by atoms with van der Waals surface area (Å²) >= 11 is 13.1. The van der Waals surface area contributed by atoms with Gasteiger partial charge in [0.05, 0.1) is 41.9 Å². The topological polar surface area (TPSA) is 76.5 Å². The van der Waals surface area contributed by atoms with Crippen molar-refractivity contribution in [2.24, 2.45) is 5.92 Å². The van der Waals surface area contributed by atoms with Crippen molar-refractivity contribution in [2.75, 3.05) is 19.5 Å². The average Bonchev–Trinajstić information content (AvgIpc) is 3.05. The van der Waals surface area contributed by atoms with Crippen molar-refractivity contribution in [3.63, 3.8) is 0 Å². The highest BCUT2D eigenvalue weighted by Gasteiger charge is 2.30. The minimum atomic E-state index is -0.381. The number of methoxy groups -OCH3 is 2. The first-order valence-electron chi connectivity index (χ1n) is 9.73. The van der Waals surface area contributed by atoms with Crippen LogP contribution >= 0.6 is 23.2 Å². The van der Waals surface area contributed by atoms with Crippen LogP contribution in [-0.2, 0) is 0 Å². The van der Waals surface area contributed by atoms with Crippen molar-refractivity contribution in [3.8, 4) is 22.6 Å². The zero-order valence-electron chi connectivity index (χ0n) is 16.9. The number of aliphatic hydroxyl groups excluding tert-OH is 1. The van der Waals surface area contributed by atoms with E-state index in [2.05, 4.69) is 22.2 Å². The molecule has 0 aliphatic heterocycles. The van der Waals surface area contributed by atoms with Gasteiger partial charge in [-0.25, -0.2) is 9.97 Å². The van der Waals surface area contributed by atoms with Gasteiger partial charge in [0, 0.05) is 23.2 Å². The van der Waals surface area contributed by atoms with Crippen molar-refractivity contribution in [1.82, 2.24) is 9.97 Å². The third-order valence-corrected chi connectivity index (χ3v) is 6.27. The average molecular weight is 448 g/mol. The molecule has 0 amide bonds. The van der Waals surface area contributed by atoms with Crippen LogP contribution in [0.25, 0.3) is 22.0 Å². The van der Waals surface area contributed by atoms with Gasteiger partial charge in [0.15, 0.2) is 0 Å². The lowest BCUT2D eigenvalue weighted by atomic mass is 10.0. The predicted molar refractivity (Wildman–Crippen MR) is 120 cm³/mol. The van der Waals surface area contributed by atoms with Gasteiger partial charge in [-0.2, -0.15) is 0 Å². The Hall–Kier alpha value is -2.28. The van der Waals surface area contributed by atoms with E-state index in [9.17, 15) is 5.11 Å². The van der Waals surface area contributed by atoms with E-state index in [1.807, 2.05) is 18.2 Å². The fraction of sp³-hybridized carbons (Fsp3) is 0.364. The lowest BCUT2D eigenvalue weighted by Crippen LogP contribution is -2.28. The highest BCUT2D eigenvalue weighted by Crippen LogP contribution is 2.46. The molecule has 1 fully saturated rings. The van der Waals surface area contributed by atoms with Crippen LogP contribution in [0, 0.1) is 5.92 Å². The molecule has 1 aromatic heterocycles. The highest BCUT2D eigenvalue weighted by atomic mass is 35.5. The van der Waals surface area contributed by atoms with Gasteiger partial charge in [-0.05, 0) is 36.5 Å². The molecule has 3 aromatic rings. The van der Waals surface area contributed by atoms with Crippen LogP contribution in [0.5, 0.6) is 11.5 Å². The van der Waals surface area contributed by atoms with E-state index in [4.69, 9.17) is 32.7 Å². The van der Waals surface area contributed by atoms with Crippen LogP contribution < -0.4 is 14.8 Å². The number of hydrogen-bond donors (Lipinski definition) is 2. The second kappa shape index (κ2) is 8.46. The molecule has 1 aliphatic carbocycles. The summed E-state index contributed by atoms with van der Waals surface area (Å²) < 4.78 is 10.7. The van der Waals surface area contributed by atoms with Gasteiger partial charge in [-0.15, -0.1) is 0 Å². The number of benzene rings is 2. The van der Waals surface area contributed by atoms with Gasteiger partial charge in [0.2, 0.25) is 5.95 Å². The largest absolute Gasteiger partial charge is 0.495 e. The minimum Gasteiger partial charge on any atom is -0.495 e. The van der Waals surface area contributed by atoms with Crippen LogP contribution in [-0.4, -0.2) is 41.4 Å². The third kappa shape index (κ3) is 3.87. The number of anilines is 1. The maximum atomic E-state index is 10.2. The number of fused-ring (bicyclic) bond motifs is 1. The second-order valence-corrected chi connectivity index (χ2v) is 8.40. The number of hydrogen-bond acceptors (Lipinski definition) is 6. The summed E-state index contributed by atoms with van der Waals surface area (Å²) in [6.45, 7) is 2.14. The molecule has 0 radical (unpaired) electrons. The summed E-state index contributed by atoms with van der Waals surface area (Å²) in [4.78, 5) is 9.02. The molecule has 158 valence electrons. The number of ether oxygens (including phenoxy) is 2. The van der Waals surface area contributed by atoms with Crippen LogP contribution in [0.1, 0.15) is 19.8 Å². The molecule has 6 nitrogen and oxygen atoms in total. The van der Waals surface area contributed by atoms with Crippen LogP contribution in [0.15, 0.2) is 30.5 Å². The highest BCUT2D eigenvalue weighted by molar-refractivity contribution is 6.41. The van der Waals surface area contributed by atoms with Gasteiger partial charge in [0.25, 0.3) is 0 Å². The van der Waals surface area contributed by atoms with E-state index >= 15 is 0 Å². The number of rotatable bonds is 5. The van der Waals surface area contributed by atoms with Gasteiger partial charge in [0.1, 0.15) is 11.5 Å². The van der Waals surface area contributed by atoms with Gasteiger partial charge >= 0.3 is 0 Å². The zero-order chi connectivity index (χ0) is 21.4. The predicted octanol–water partition coefficient (Wildman–Crippen LogP) is 5.19. The number of halogens is 2. The fourth-order valence-corrected chi connectivity index (χ4v) is 4.70. The molecular weight excluding hydrogens is 425 g/mol. The van der Waals surface area contributed by atoms with Crippen LogP contribution in [0.2, 0.25) is 10.0 Å². The molecule has 0 spiro atoms. The molecule has 8 heteroatoms. The van der Waals surface area contributed by atoms with Crippen LogP contribution in [0.3, 0.4) is 0 Å². The van der Waals surface area contributed by atoms with Gasteiger partial charge in [-0.1, -0.05) is 36.2 Å². The molecule has 30 heavy (non-hydrogen) atoms. The first-order valence-corrected chi connectivity index (χ1v) is 10.5. The molecule has 1 heterocycles. The Labute approximate surface area is 185 Å². The Morgan fingerprint density at radius 2 is 1.77 bits per heavy atom. The van der Waals surface area contributed by atoms with E-state index in [0.717, 1.165) is 29.3 Å². The molecule has 1 aliphatic rings. The first kappa shape index (κ1) is 21.0. The summed E-state index contributed by atoms with van der Waals surface area (Å²) in [6, 6.07) is 7.35. The lowest BCUT2D eigenvalue weighted by molar-refractivity contribution is 0.168. The summed E-state index contributed by atoms with van der Waals surface area (Å²) in [5, 5.41) is 15.1. The third-order valence-electron chi connectivity index (χ3n) is 5.52. The molecule has 2 N–H and O–H groups in total. The smallest absolute Gasteiger partial charge is 0.223 e. The monoisotopic (exact) mass is 447 g/mol. The Bertz CT molecular complexity index is 1060. The van der Waals surface area contributed by atoms with E-state index < -0.39 is 0 Å². The van der Waals surface area contributed by atoms with E-state index in [1.165, 1.54) is 0 Å². The molecule has 1 saturated carbocycles. The Morgan fingerprint density at radius 3 is 2.37 bits per heavy atom. The molecule has 1 unspecified atom stereocenters. The fourth-order valence-electron chi connectivity index (χ4n) is 3.98. The normalized spacial score (nSPS) is 21.1. The number of aliphatic hydroxyl groups is 1. The van der Waals surface area contributed by atoms with Crippen molar-refractivity contribution in [2.45, 2.75) is 31.9 Å². The van der Waals surface area contributed by atoms with Crippen molar-refractivity contribution >= 4 is 40.1 Å². The summed E-state index contributed by atoms with van der Waals surface area (Å²) in [6.07, 6.45) is 3.06. The zero-order valence-corrected chi connectivity index (χ0v) is 18.5. The number of nitrogens with one attached hydrogen (secondary N) is 1. The second-order valence-electron chi connectivity index (χ2n) is 7.65. The Kier molecular flexibility index (Phi) is 5.91. The van der Waals surface area contributed by atoms with E-state index in [1.54, 1.807) is 26.5 Å². The molecule has 0 saturated heterocycles.